The van der Waals surface area contributed by atoms with Gasteiger partial charge in [-0.05, 0) is 53.6 Å². The van der Waals surface area contributed by atoms with Gasteiger partial charge in [0.2, 0.25) is 5.09 Å². The van der Waals surface area contributed by atoms with Gasteiger partial charge < -0.3 is 18.9 Å². The first kappa shape index (κ1) is 21.2. The average Bonchev–Trinajstić information content (AvgIpc) is 3.57. The van der Waals surface area contributed by atoms with E-state index in [2.05, 4.69) is 46.7 Å². The van der Waals surface area contributed by atoms with Crippen molar-refractivity contribution in [2.45, 2.75) is 5.09 Å². The van der Waals surface area contributed by atoms with Gasteiger partial charge in [0.1, 0.15) is 11.4 Å². The van der Waals surface area contributed by atoms with Gasteiger partial charge in [-0.1, -0.05) is 42.5 Å². The Labute approximate surface area is 204 Å². The van der Waals surface area contributed by atoms with E-state index in [4.69, 9.17) is 13.6 Å². The standard InChI is InChI=1S/C28H21N3O3S/c1-29-20-11-9-18(10-12-20)23-17-30-28-27(26(23)19-6-3-2-4-7-19)22-16-21(13-14-24(22)31-28)34-35(32)25-8-5-15-33-25/h2-17,29H,1H3,(H,30,31). The summed E-state index contributed by atoms with van der Waals surface area (Å²) in [5.41, 5.74) is 6.99. The molecule has 0 aliphatic rings. The Morgan fingerprint density at radius 2 is 1.77 bits per heavy atom. The van der Waals surface area contributed by atoms with E-state index in [1.807, 2.05) is 43.6 Å². The van der Waals surface area contributed by atoms with Crippen molar-refractivity contribution in [1.82, 2.24) is 9.97 Å². The molecule has 0 aliphatic carbocycles. The molecule has 3 aromatic heterocycles. The molecule has 0 spiro atoms. The second-order valence-electron chi connectivity index (χ2n) is 8.05. The van der Waals surface area contributed by atoms with Crippen LogP contribution in [0.5, 0.6) is 5.75 Å². The molecule has 0 radical (unpaired) electrons. The highest BCUT2D eigenvalue weighted by molar-refractivity contribution is 7.80. The molecule has 35 heavy (non-hydrogen) atoms. The number of benzene rings is 3. The molecule has 2 N–H and O–H groups in total. The molecule has 6 nitrogen and oxygen atoms in total. The highest BCUT2D eigenvalue weighted by atomic mass is 32.2. The Morgan fingerprint density at radius 3 is 2.51 bits per heavy atom. The van der Waals surface area contributed by atoms with Crippen molar-refractivity contribution >= 4 is 38.7 Å². The van der Waals surface area contributed by atoms with Crippen LogP contribution in [-0.2, 0) is 11.1 Å². The Hall–Kier alpha value is -4.36. The number of furan rings is 1. The van der Waals surface area contributed by atoms with E-state index >= 15 is 0 Å². The van der Waals surface area contributed by atoms with E-state index in [-0.39, 0.29) is 5.09 Å². The maximum Gasteiger partial charge on any atom is 0.277 e. The number of fused-ring (bicyclic) bond motifs is 3. The molecule has 3 heterocycles. The maximum atomic E-state index is 12.6. The number of hydrogen-bond acceptors (Lipinski definition) is 5. The zero-order valence-corrected chi connectivity index (χ0v) is 19.6. The smallest absolute Gasteiger partial charge is 0.277 e. The van der Waals surface area contributed by atoms with Gasteiger partial charge in [0.25, 0.3) is 11.1 Å². The summed E-state index contributed by atoms with van der Waals surface area (Å²) in [5.74, 6) is 0.482. The minimum Gasteiger partial charge on any atom is -0.452 e. The number of H-pyrrole nitrogens is 1. The third kappa shape index (κ3) is 3.86. The van der Waals surface area contributed by atoms with Gasteiger partial charge in [-0.3, -0.25) is 0 Å². The van der Waals surface area contributed by atoms with E-state index in [1.54, 1.807) is 18.2 Å². The Balaban J connectivity index is 1.57. The fourth-order valence-electron chi connectivity index (χ4n) is 4.31. The molecule has 0 aliphatic heterocycles. The van der Waals surface area contributed by atoms with Gasteiger partial charge >= 0.3 is 0 Å². The lowest BCUT2D eigenvalue weighted by Gasteiger charge is -2.13. The first-order valence-electron chi connectivity index (χ1n) is 11.1. The van der Waals surface area contributed by atoms with Gasteiger partial charge in [-0.2, -0.15) is 0 Å². The Bertz CT molecular complexity index is 1660. The monoisotopic (exact) mass is 479 g/mol. The summed E-state index contributed by atoms with van der Waals surface area (Å²) in [6.45, 7) is 0. The van der Waals surface area contributed by atoms with Crippen LogP contribution in [0.3, 0.4) is 0 Å². The Morgan fingerprint density at radius 1 is 0.943 bits per heavy atom. The first-order valence-corrected chi connectivity index (χ1v) is 12.2. The minimum absolute atomic E-state index is 0.267. The summed E-state index contributed by atoms with van der Waals surface area (Å²) in [7, 11) is 1.91. The molecule has 0 saturated heterocycles. The van der Waals surface area contributed by atoms with Crippen molar-refractivity contribution in [3.05, 3.63) is 97.4 Å². The third-order valence-corrected chi connectivity index (χ3v) is 6.88. The second kappa shape index (κ2) is 8.77. The number of anilines is 1. The lowest BCUT2D eigenvalue weighted by atomic mass is 9.92. The van der Waals surface area contributed by atoms with E-state index in [1.165, 1.54) is 6.26 Å². The Kier molecular flexibility index (Phi) is 5.31. The lowest BCUT2D eigenvalue weighted by molar-refractivity contribution is 0.443. The molecule has 7 heteroatoms. The van der Waals surface area contributed by atoms with Crippen molar-refractivity contribution in [2.24, 2.45) is 0 Å². The largest absolute Gasteiger partial charge is 0.452 e. The van der Waals surface area contributed by atoms with Crippen LogP contribution in [0.4, 0.5) is 5.69 Å². The summed E-state index contributed by atoms with van der Waals surface area (Å²) < 4.78 is 23.5. The molecule has 3 aromatic carbocycles. The maximum absolute atomic E-state index is 12.6. The summed E-state index contributed by atoms with van der Waals surface area (Å²) in [6.07, 6.45) is 3.39. The van der Waals surface area contributed by atoms with Crippen LogP contribution in [0.15, 0.2) is 107 Å². The van der Waals surface area contributed by atoms with Gasteiger partial charge in [0.15, 0.2) is 0 Å². The summed E-state index contributed by atoms with van der Waals surface area (Å²) in [6, 6.07) is 27.5. The number of pyridine rings is 1. The van der Waals surface area contributed by atoms with Crippen LogP contribution in [0.25, 0.3) is 44.2 Å². The van der Waals surface area contributed by atoms with E-state index in [9.17, 15) is 4.21 Å². The fourth-order valence-corrected chi connectivity index (χ4v) is 5.00. The molecule has 6 rings (SSSR count). The summed E-state index contributed by atoms with van der Waals surface area (Å²) in [4.78, 5) is 8.19. The first-order chi connectivity index (χ1) is 17.2. The summed E-state index contributed by atoms with van der Waals surface area (Å²) >= 11 is -1.74. The molecule has 172 valence electrons. The second-order valence-corrected chi connectivity index (χ2v) is 9.08. The predicted molar refractivity (Wildman–Crippen MR) is 140 cm³/mol. The molecule has 1 atom stereocenters. The van der Waals surface area contributed by atoms with Crippen LogP contribution in [0.2, 0.25) is 0 Å². The number of nitrogens with one attached hydrogen (secondary N) is 2. The van der Waals surface area contributed by atoms with Crippen LogP contribution in [-0.4, -0.2) is 21.2 Å². The fraction of sp³-hybridized carbons (Fsp3) is 0.0357. The van der Waals surface area contributed by atoms with Gasteiger partial charge in [0.05, 0.1) is 6.26 Å². The minimum atomic E-state index is -1.74. The number of rotatable bonds is 6. The molecule has 0 fully saturated rings. The zero-order valence-electron chi connectivity index (χ0n) is 18.8. The van der Waals surface area contributed by atoms with E-state index in [0.29, 0.717) is 5.75 Å². The van der Waals surface area contributed by atoms with Crippen molar-refractivity contribution < 1.29 is 12.8 Å². The number of nitrogens with zero attached hydrogens (tertiary/aromatic N) is 1. The number of aromatic nitrogens is 2. The van der Waals surface area contributed by atoms with Gasteiger partial charge in [0, 0.05) is 46.3 Å². The topological polar surface area (TPSA) is 80.1 Å². The normalized spacial score (nSPS) is 12.1. The van der Waals surface area contributed by atoms with Gasteiger partial charge in [-0.25, -0.2) is 9.19 Å². The van der Waals surface area contributed by atoms with Gasteiger partial charge in [-0.15, -0.1) is 0 Å². The SMILES string of the molecule is CNc1ccc(-c2cnc3[nH]c4ccc(OS(=O)c5ccco5)cc4c3c2-c2ccccc2)cc1. The molecule has 6 aromatic rings. The summed E-state index contributed by atoms with van der Waals surface area (Å²) in [5, 5.41) is 5.35. The number of aromatic amines is 1. The van der Waals surface area contributed by atoms with Crippen molar-refractivity contribution in [1.29, 1.82) is 0 Å². The average molecular weight is 480 g/mol. The zero-order chi connectivity index (χ0) is 23.8. The van der Waals surface area contributed by atoms with E-state index < -0.39 is 11.1 Å². The lowest BCUT2D eigenvalue weighted by Crippen LogP contribution is -1.99. The molecule has 0 bridgehead atoms. The highest BCUT2D eigenvalue weighted by Crippen LogP contribution is 2.41. The van der Waals surface area contributed by atoms with Crippen LogP contribution >= 0.6 is 0 Å². The van der Waals surface area contributed by atoms with Crippen molar-refractivity contribution in [3.8, 4) is 28.0 Å². The highest BCUT2D eigenvalue weighted by Gasteiger charge is 2.18. The molecular formula is C28H21N3O3S. The number of hydrogen-bond donors (Lipinski definition) is 2. The molecular weight excluding hydrogens is 458 g/mol. The molecule has 0 amide bonds. The van der Waals surface area contributed by atoms with Crippen LogP contribution < -0.4 is 9.50 Å². The predicted octanol–water partition coefficient (Wildman–Crippen LogP) is 6.79. The molecule has 1 unspecified atom stereocenters. The van der Waals surface area contributed by atoms with Crippen molar-refractivity contribution in [3.63, 3.8) is 0 Å². The molecule has 0 saturated carbocycles. The third-order valence-electron chi connectivity index (χ3n) is 5.97. The van der Waals surface area contributed by atoms with Crippen LogP contribution in [0, 0.1) is 0 Å². The quantitative estimate of drug-likeness (QED) is 0.275. The van der Waals surface area contributed by atoms with Crippen LogP contribution in [0.1, 0.15) is 0 Å². The van der Waals surface area contributed by atoms with E-state index in [0.717, 1.165) is 49.9 Å². The van der Waals surface area contributed by atoms with Crippen molar-refractivity contribution in [2.75, 3.05) is 12.4 Å².